The highest BCUT2D eigenvalue weighted by Crippen LogP contribution is 2.30. The third kappa shape index (κ3) is 4.09. The molecule has 124 valence electrons. The van der Waals surface area contributed by atoms with Crippen LogP contribution in [-0.4, -0.2) is 24.0 Å². The Morgan fingerprint density at radius 1 is 1.43 bits per heavy atom. The molecule has 2 aromatic rings. The fourth-order valence-corrected chi connectivity index (χ4v) is 3.75. The summed E-state index contributed by atoms with van der Waals surface area (Å²) in [6, 6.07) is 9.63. The van der Waals surface area contributed by atoms with E-state index in [-0.39, 0.29) is 24.4 Å². The lowest BCUT2D eigenvalue weighted by Gasteiger charge is -2.15. The summed E-state index contributed by atoms with van der Waals surface area (Å²) in [6.07, 6.45) is 2.05. The number of nitrogens with two attached hydrogens (primary N) is 1. The summed E-state index contributed by atoms with van der Waals surface area (Å²) in [5.74, 6) is -0.205. The first-order chi connectivity index (χ1) is 10.7. The Morgan fingerprint density at radius 3 is 2.87 bits per heavy atom. The van der Waals surface area contributed by atoms with E-state index >= 15 is 0 Å². The molecule has 1 amide bonds. The molecule has 0 radical (unpaired) electrons. The van der Waals surface area contributed by atoms with Gasteiger partial charge in [-0.2, -0.15) is 0 Å². The first-order valence-corrected chi connectivity index (χ1v) is 8.12. The monoisotopic (exact) mass is 353 g/mol. The van der Waals surface area contributed by atoms with E-state index < -0.39 is 6.10 Å². The second kappa shape index (κ2) is 7.88. The minimum atomic E-state index is -0.635. The zero-order valence-corrected chi connectivity index (χ0v) is 14.5. The van der Waals surface area contributed by atoms with Gasteiger partial charge in [-0.3, -0.25) is 10.1 Å². The van der Waals surface area contributed by atoms with Gasteiger partial charge in [-0.25, -0.2) is 4.98 Å². The fraction of sp³-hybridized carbons (Fsp3) is 0.375. The van der Waals surface area contributed by atoms with Crippen molar-refractivity contribution in [3.05, 3.63) is 46.5 Å². The van der Waals surface area contributed by atoms with Crippen molar-refractivity contribution in [2.45, 2.75) is 31.4 Å². The molecule has 2 atom stereocenters. The predicted octanol–water partition coefficient (Wildman–Crippen LogP) is 2.71. The van der Waals surface area contributed by atoms with Crippen molar-refractivity contribution in [1.82, 2.24) is 4.98 Å². The van der Waals surface area contributed by atoms with Crippen LogP contribution in [0, 0.1) is 0 Å². The number of nitrogens with one attached hydrogen (secondary N) is 1. The Morgan fingerprint density at radius 2 is 2.17 bits per heavy atom. The highest BCUT2D eigenvalue weighted by molar-refractivity contribution is 7.15. The number of benzene rings is 1. The van der Waals surface area contributed by atoms with Crippen LogP contribution in [0.25, 0.3) is 0 Å². The molecule has 1 unspecified atom stereocenters. The van der Waals surface area contributed by atoms with Crippen molar-refractivity contribution >= 4 is 34.8 Å². The number of nitrogens with zero attached hydrogens (tertiary/aromatic N) is 1. The van der Waals surface area contributed by atoms with Crippen molar-refractivity contribution in [1.29, 1.82) is 0 Å². The molecule has 3 rings (SSSR count). The molecule has 1 aromatic carbocycles. The molecule has 0 spiro atoms. The van der Waals surface area contributed by atoms with Crippen molar-refractivity contribution in [3.8, 4) is 0 Å². The zero-order chi connectivity index (χ0) is 15.5. The average Bonchev–Trinajstić information content (AvgIpc) is 2.90. The Bertz CT molecular complexity index is 663. The van der Waals surface area contributed by atoms with Crippen LogP contribution in [0.4, 0.5) is 5.13 Å². The van der Waals surface area contributed by atoms with E-state index in [4.69, 9.17) is 10.5 Å². The maximum atomic E-state index is 12.4. The first-order valence-electron chi connectivity index (χ1n) is 7.30. The number of carbonyl (C=O) groups excluding carboxylic acids is 1. The minimum absolute atomic E-state index is 0. The van der Waals surface area contributed by atoms with Gasteiger partial charge in [0, 0.05) is 18.0 Å². The maximum absolute atomic E-state index is 12.4. The fourth-order valence-electron chi connectivity index (χ4n) is 2.65. The van der Waals surface area contributed by atoms with Crippen LogP contribution in [-0.2, 0) is 22.4 Å². The number of carbonyl (C=O) groups is 1. The highest BCUT2D eigenvalue weighted by atomic mass is 35.5. The normalized spacial score (nSPS) is 17.7. The summed E-state index contributed by atoms with van der Waals surface area (Å²) in [5, 5.41) is 3.49. The molecular formula is C16H20ClN3O2S. The number of amides is 1. The summed E-state index contributed by atoms with van der Waals surface area (Å²) in [7, 11) is 1.53. The summed E-state index contributed by atoms with van der Waals surface area (Å²) in [5.41, 5.74) is 7.87. The van der Waals surface area contributed by atoms with Crippen LogP contribution in [0.3, 0.4) is 0 Å². The SMILES string of the molecule is COC(C(=O)Nc1nc2c(s1)C[C@@H](N)CC2)c1ccccc1.Cl. The molecule has 0 bridgehead atoms. The van der Waals surface area contributed by atoms with E-state index in [1.807, 2.05) is 30.3 Å². The third-order valence-corrected chi connectivity index (χ3v) is 4.82. The van der Waals surface area contributed by atoms with Crippen LogP contribution in [0.15, 0.2) is 30.3 Å². The van der Waals surface area contributed by atoms with Gasteiger partial charge < -0.3 is 10.5 Å². The number of thiazole rings is 1. The van der Waals surface area contributed by atoms with Gasteiger partial charge in [0.05, 0.1) is 5.69 Å². The van der Waals surface area contributed by atoms with Gasteiger partial charge >= 0.3 is 0 Å². The molecule has 0 saturated carbocycles. The topological polar surface area (TPSA) is 77.2 Å². The standard InChI is InChI=1S/C16H19N3O2S.ClH/c1-21-14(10-5-3-2-4-6-10)15(20)19-16-18-12-8-7-11(17)9-13(12)22-16;/h2-6,11,14H,7-9,17H2,1H3,(H,18,19,20);1H/t11-,14?;/m0./s1. The van der Waals surface area contributed by atoms with Crippen molar-refractivity contribution in [3.63, 3.8) is 0 Å². The second-order valence-electron chi connectivity index (χ2n) is 5.41. The molecule has 23 heavy (non-hydrogen) atoms. The number of methoxy groups -OCH3 is 1. The number of anilines is 1. The van der Waals surface area contributed by atoms with Crippen LogP contribution in [0.1, 0.15) is 28.7 Å². The molecule has 1 aliphatic carbocycles. The lowest BCUT2D eigenvalue weighted by atomic mass is 9.99. The zero-order valence-electron chi connectivity index (χ0n) is 12.8. The number of rotatable bonds is 4. The van der Waals surface area contributed by atoms with Crippen molar-refractivity contribution in [2.75, 3.05) is 12.4 Å². The quantitative estimate of drug-likeness (QED) is 0.886. The number of aryl methyl sites for hydroxylation is 1. The molecule has 0 saturated heterocycles. The number of hydrogen-bond acceptors (Lipinski definition) is 5. The van der Waals surface area contributed by atoms with Gasteiger partial charge in [-0.1, -0.05) is 30.3 Å². The van der Waals surface area contributed by atoms with E-state index in [0.29, 0.717) is 5.13 Å². The number of aromatic nitrogens is 1. The molecule has 0 fully saturated rings. The second-order valence-corrected chi connectivity index (χ2v) is 6.49. The predicted molar refractivity (Wildman–Crippen MR) is 94.2 cm³/mol. The van der Waals surface area contributed by atoms with Gasteiger partial charge in [-0.05, 0) is 24.8 Å². The average molecular weight is 354 g/mol. The van der Waals surface area contributed by atoms with E-state index in [1.54, 1.807) is 0 Å². The number of ether oxygens (including phenoxy) is 1. The van der Waals surface area contributed by atoms with Gasteiger partial charge in [0.2, 0.25) is 0 Å². The first kappa shape index (κ1) is 17.9. The maximum Gasteiger partial charge on any atom is 0.259 e. The van der Waals surface area contributed by atoms with E-state index in [2.05, 4.69) is 10.3 Å². The summed E-state index contributed by atoms with van der Waals surface area (Å²) in [4.78, 5) is 18.1. The van der Waals surface area contributed by atoms with Crippen LogP contribution in [0.5, 0.6) is 0 Å². The molecule has 1 aliphatic rings. The number of hydrogen-bond donors (Lipinski definition) is 2. The summed E-state index contributed by atoms with van der Waals surface area (Å²) in [6.45, 7) is 0. The van der Waals surface area contributed by atoms with Crippen molar-refractivity contribution in [2.24, 2.45) is 5.73 Å². The smallest absolute Gasteiger partial charge is 0.259 e. The van der Waals surface area contributed by atoms with Gasteiger partial charge in [0.1, 0.15) is 0 Å². The molecular weight excluding hydrogens is 334 g/mol. The minimum Gasteiger partial charge on any atom is -0.367 e. The van der Waals surface area contributed by atoms with Gasteiger partial charge in [-0.15, -0.1) is 23.7 Å². The highest BCUT2D eigenvalue weighted by Gasteiger charge is 2.24. The molecule has 1 aromatic heterocycles. The summed E-state index contributed by atoms with van der Waals surface area (Å²) < 4.78 is 5.33. The lowest BCUT2D eigenvalue weighted by Crippen LogP contribution is -2.27. The molecule has 7 heteroatoms. The largest absolute Gasteiger partial charge is 0.367 e. The molecule has 1 heterocycles. The Kier molecular flexibility index (Phi) is 6.12. The molecule has 0 aliphatic heterocycles. The van der Waals surface area contributed by atoms with E-state index in [0.717, 1.165) is 30.5 Å². The number of fused-ring (bicyclic) bond motifs is 1. The van der Waals surface area contributed by atoms with Gasteiger partial charge in [0.15, 0.2) is 11.2 Å². The van der Waals surface area contributed by atoms with E-state index in [9.17, 15) is 4.79 Å². The van der Waals surface area contributed by atoms with Crippen LogP contribution in [0.2, 0.25) is 0 Å². The Labute approximate surface area is 145 Å². The summed E-state index contributed by atoms with van der Waals surface area (Å²) >= 11 is 1.51. The van der Waals surface area contributed by atoms with Gasteiger partial charge in [0.25, 0.3) is 5.91 Å². The molecule has 5 nitrogen and oxygen atoms in total. The van der Waals surface area contributed by atoms with Crippen LogP contribution >= 0.6 is 23.7 Å². The third-order valence-electron chi connectivity index (χ3n) is 3.78. The number of halogens is 1. The van der Waals surface area contributed by atoms with E-state index in [1.165, 1.54) is 23.3 Å². The lowest BCUT2D eigenvalue weighted by molar-refractivity contribution is -0.126. The Hall–Kier alpha value is -1.47. The Balaban J connectivity index is 0.00000192. The molecule has 3 N–H and O–H groups in total. The van der Waals surface area contributed by atoms with Crippen LogP contribution < -0.4 is 11.1 Å². The van der Waals surface area contributed by atoms with Crippen molar-refractivity contribution < 1.29 is 9.53 Å².